The summed E-state index contributed by atoms with van der Waals surface area (Å²) >= 11 is 0. The molecule has 4 rings (SSSR count). The Balaban J connectivity index is 1.67. The summed E-state index contributed by atoms with van der Waals surface area (Å²) < 4.78 is 0. The van der Waals surface area contributed by atoms with Crippen LogP contribution in [0.4, 0.5) is 5.69 Å². The number of pyridine rings is 1. The molecular formula is C27H34N4O3. The van der Waals surface area contributed by atoms with E-state index < -0.39 is 18.2 Å². The number of aryl methyl sites for hydroxylation is 1. The van der Waals surface area contributed by atoms with Crippen LogP contribution in [-0.2, 0) is 9.59 Å². The Kier molecular flexibility index (Phi) is 7.41. The van der Waals surface area contributed by atoms with Crippen molar-refractivity contribution in [3.05, 3.63) is 59.4 Å². The topological polar surface area (TPSA) is 94.9 Å². The molecule has 1 unspecified atom stereocenters. The van der Waals surface area contributed by atoms with E-state index in [4.69, 9.17) is 4.99 Å². The largest absolute Gasteiger partial charge is 0.392 e. The molecule has 1 fully saturated rings. The Labute approximate surface area is 201 Å². The van der Waals surface area contributed by atoms with Crippen molar-refractivity contribution in [3.8, 4) is 0 Å². The third kappa shape index (κ3) is 5.36. The average molecular weight is 463 g/mol. The van der Waals surface area contributed by atoms with E-state index >= 15 is 0 Å². The highest BCUT2D eigenvalue weighted by molar-refractivity contribution is 6.19. The minimum absolute atomic E-state index is 0.312. The summed E-state index contributed by atoms with van der Waals surface area (Å²) in [5, 5.41) is 13.7. The number of anilines is 1. The fourth-order valence-electron chi connectivity index (χ4n) is 4.44. The number of unbranched alkanes of at least 4 members (excludes halogenated alkanes) is 1. The Morgan fingerprint density at radius 1 is 1.24 bits per heavy atom. The van der Waals surface area contributed by atoms with Gasteiger partial charge in [-0.2, -0.15) is 0 Å². The zero-order valence-electron chi connectivity index (χ0n) is 20.2. The lowest BCUT2D eigenvalue weighted by Crippen LogP contribution is -2.49. The van der Waals surface area contributed by atoms with Gasteiger partial charge in [-0.3, -0.25) is 14.6 Å². The van der Waals surface area contributed by atoms with Crippen LogP contribution in [0.15, 0.2) is 47.6 Å². The highest BCUT2D eigenvalue weighted by Gasteiger charge is 2.37. The van der Waals surface area contributed by atoms with Gasteiger partial charge in [0.1, 0.15) is 0 Å². The molecule has 0 bridgehead atoms. The lowest BCUT2D eigenvalue weighted by molar-refractivity contribution is -0.133. The van der Waals surface area contributed by atoms with Gasteiger partial charge in [0.05, 0.1) is 29.1 Å². The van der Waals surface area contributed by atoms with E-state index in [1.807, 2.05) is 43.3 Å². The smallest absolute Gasteiger partial charge is 0.272 e. The second-order valence-electron chi connectivity index (χ2n) is 9.52. The monoisotopic (exact) mass is 462 g/mol. The summed E-state index contributed by atoms with van der Waals surface area (Å²) in [6.07, 6.45) is 5.16. The molecule has 7 heteroatoms. The lowest BCUT2D eigenvalue weighted by Gasteiger charge is -2.25. The third-order valence-electron chi connectivity index (χ3n) is 6.72. The fourth-order valence-corrected chi connectivity index (χ4v) is 4.44. The van der Waals surface area contributed by atoms with Crippen molar-refractivity contribution in [2.45, 2.75) is 64.6 Å². The van der Waals surface area contributed by atoms with Gasteiger partial charge in [-0.25, -0.2) is 4.99 Å². The van der Waals surface area contributed by atoms with Gasteiger partial charge in [0, 0.05) is 18.8 Å². The first-order valence-electron chi connectivity index (χ1n) is 12.2. The van der Waals surface area contributed by atoms with Crippen LogP contribution in [-0.4, -0.2) is 46.9 Å². The highest BCUT2D eigenvalue weighted by Crippen LogP contribution is 2.37. The number of aliphatic imine (C=N–C) groups is 1. The number of aliphatic hydroxyl groups excluding tert-OH is 1. The zero-order valence-corrected chi connectivity index (χ0v) is 20.2. The van der Waals surface area contributed by atoms with E-state index in [1.54, 1.807) is 13.2 Å². The summed E-state index contributed by atoms with van der Waals surface area (Å²) in [6, 6.07) is 11.4. The van der Waals surface area contributed by atoms with Crippen LogP contribution in [0.1, 0.15) is 62.3 Å². The number of carbonyl (C=O) groups is 2. The van der Waals surface area contributed by atoms with Gasteiger partial charge in [-0.05, 0) is 43.4 Å². The third-order valence-corrected chi connectivity index (χ3v) is 6.72. The number of nitrogens with zero attached hydrogens (tertiary/aromatic N) is 3. The molecule has 2 heterocycles. The second-order valence-corrected chi connectivity index (χ2v) is 9.52. The summed E-state index contributed by atoms with van der Waals surface area (Å²) in [5.74, 6) is -0.706. The number of hydrogen-bond acceptors (Lipinski definition) is 5. The van der Waals surface area contributed by atoms with Crippen LogP contribution >= 0.6 is 0 Å². The molecule has 34 heavy (non-hydrogen) atoms. The molecule has 0 saturated heterocycles. The number of aliphatic hydroxyl groups is 1. The number of amides is 2. The molecule has 7 nitrogen and oxygen atoms in total. The van der Waals surface area contributed by atoms with Gasteiger partial charge in [0.2, 0.25) is 12.1 Å². The number of rotatable bonds is 9. The number of para-hydroxylation sites is 1. The lowest BCUT2D eigenvalue weighted by atomic mass is 9.91. The molecule has 180 valence electrons. The number of carbonyl (C=O) groups excluding carboxylic acids is 2. The molecule has 1 aromatic carbocycles. The van der Waals surface area contributed by atoms with Gasteiger partial charge in [0.15, 0.2) is 0 Å². The van der Waals surface area contributed by atoms with Crippen molar-refractivity contribution in [2.75, 3.05) is 11.9 Å². The van der Waals surface area contributed by atoms with Crippen molar-refractivity contribution in [1.29, 1.82) is 0 Å². The predicted molar refractivity (Wildman–Crippen MR) is 133 cm³/mol. The number of fused-ring (bicyclic) bond motifs is 1. The van der Waals surface area contributed by atoms with E-state index in [0.717, 1.165) is 36.8 Å². The number of benzodiazepines with no additional fused rings is 1. The summed E-state index contributed by atoms with van der Waals surface area (Å²) in [4.78, 5) is 37.6. The average Bonchev–Trinajstić information content (AvgIpc) is 3.68. The maximum Gasteiger partial charge on any atom is 0.272 e. The molecular weight excluding hydrogens is 428 g/mol. The zero-order chi connectivity index (χ0) is 24.2. The molecule has 2 aromatic rings. The Hall–Kier alpha value is -3.06. The maximum atomic E-state index is 13.4. The summed E-state index contributed by atoms with van der Waals surface area (Å²) in [7, 11) is 1.69. The molecule has 2 N–H and O–H groups in total. The van der Waals surface area contributed by atoms with E-state index in [9.17, 15) is 14.7 Å². The molecule has 1 aliphatic heterocycles. The first kappa shape index (κ1) is 24.1. The Morgan fingerprint density at radius 3 is 2.68 bits per heavy atom. The molecule has 1 saturated carbocycles. The van der Waals surface area contributed by atoms with E-state index in [-0.39, 0.29) is 11.8 Å². The van der Waals surface area contributed by atoms with Gasteiger partial charge in [-0.1, -0.05) is 56.9 Å². The van der Waals surface area contributed by atoms with Gasteiger partial charge in [0.25, 0.3) is 5.91 Å². The van der Waals surface area contributed by atoms with Crippen LogP contribution in [0.3, 0.4) is 0 Å². The highest BCUT2D eigenvalue weighted by atomic mass is 16.3. The van der Waals surface area contributed by atoms with E-state index in [1.165, 1.54) is 4.90 Å². The van der Waals surface area contributed by atoms with Crippen LogP contribution in [0.25, 0.3) is 0 Å². The van der Waals surface area contributed by atoms with Gasteiger partial charge < -0.3 is 15.3 Å². The minimum Gasteiger partial charge on any atom is -0.392 e. The first-order chi connectivity index (χ1) is 16.4. The molecule has 2 amide bonds. The number of likely N-dealkylation sites (N-methyl/N-ethyl adjacent to an activating group) is 1. The minimum atomic E-state index is -1.09. The van der Waals surface area contributed by atoms with Gasteiger partial charge >= 0.3 is 0 Å². The van der Waals surface area contributed by atoms with Crippen LogP contribution in [0, 0.1) is 18.8 Å². The van der Waals surface area contributed by atoms with Crippen molar-refractivity contribution in [1.82, 2.24) is 10.3 Å². The Morgan fingerprint density at radius 2 is 2.00 bits per heavy atom. The number of hydrogen-bond donors (Lipinski definition) is 2. The van der Waals surface area contributed by atoms with Crippen LogP contribution in [0.5, 0.6) is 0 Å². The maximum absolute atomic E-state index is 13.4. The molecule has 2 aliphatic rings. The molecule has 0 spiro atoms. The summed E-state index contributed by atoms with van der Waals surface area (Å²) in [6.45, 7) is 4.03. The Bertz CT molecular complexity index is 1060. The van der Waals surface area contributed by atoms with Gasteiger partial charge in [-0.15, -0.1) is 0 Å². The fraction of sp³-hybridized carbons (Fsp3) is 0.481. The quantitative estimate of drug-likeness (QED) is 0.595. The predicted octanol–water partition coefficient (Wildman–Crippen LogP) is 3.61. The van der Waals surface area contributed by atoms with E-state index in [2.05, 4.69) is 17.2 Å². The van der Waals surface area contributed by atoms with Crippen molar-refractivity contribution >= 4 is 23.2 Å². The normalized spacial score (nSPS) is 19.6. The van der Waals surface area contributed by atoms with E-state index in [0.29, 0.717) is 35.9 Å². The van der Waals surface area contributed by atoms with Crippen LogP contribution < -0.4 is 10.2 Å². The molecule has 1 aliphatic carbocycles. The SMILES string of the molecule is CCCC[C@H](O)[C@@H](CC1CC1)C(=O)NC1N=C(c2ccc(C)cn2)c2ccccc2N(C)C1=O. The van der Waals surface area contributed by atoms with Crippen molar-refractivity contribution in [2.24, 2.45) is 16.8 Å². The number of benzene rings is 1. The number of nitrogens with one attached hydrogen (secondary N) is 1. The molecule has 0 radical (unpaired) electrons. The first-order valence-corrected chi connectivity index (χ1v) is 12.2. The molecule has 1 aromatic heterocycles. The molecule has 3 atom stereocenters. The number of aromatic nitrogens is 1. The van der Waals surface area contributed by atoms with Crippen molar-refractivity contribution < 1.29 is 14.7 Å². The second kappa shape index (κ2) is 10.5. The standard InChI is InChI=1S/C27H34N4O3/c1-4-5-10-23(32)20(15-18-12-13-18)26(33)30-25-27(34)31(3)22-9-7-6-8-19(22)24(29-25)21-14-11-17(2)16-28-21/h6-9,11,14,16,18,20,23,25,32H,4-5,10,12-13,15H2,1-3H3,(H,30,33)/t20-,23+,25?/m1/s1. The van der Waals surface area contributed by atoms with Crippen molar-refractivity contribution in [3.63, 3.8) is 0 Å². The van der Waals surface area contributed by atoms with Crippen LogP contribution in [0.2, 0.25) is 0 Å². The summed E-state index contributed by atoms with van der Waals surface area (Å²) in [5.41, 5.74) is 3.71.